The zero-order valence-corrected chi connectivity index (χ0v) is 9.03. The van der Waals surface area contributed by atoms with Crippen molar-refractivity contribution in [3.63, 3.8) is 0 Å². The van der Waals surface area contributed by atoms with E-state index >= 15 is 0 Å². The lowest BCUT2D eigenvalue weighted by Gasteiger charge is -1.93. The van der Waals surface area contributed by atoms with Crippen LogP contribution in [0.2, 0.25) is 0 Å². The van der Waals surface area contributed by atoms with E-state index in [0.717, 1.165) is 23.5 Å². The second-order valence-corrected chi connectivity index (χ2v) is 3.97. The third-order valence-corrected chi connectivity index (χ3v) is 2.84. The number of aromatic amines is 2. The molecule has 1 aliphatic heterocycles. The Bertz CT molecular complexity index is 740. The number of imidazole rings is 1. The summed E-state index contributed by atoms with van der Waals surface area (Å²) < 4.78 is 0. The van der Waals surface area contributed by atoms with Gasteiger partial charge in [-0.25, -0.2) is 4.79 Å². The molecule has 3 N–H and O–H groups in total. The summed E-state index contributed by atoms with van der Waals surface area (Å²) in [6, 6.07) is 5.91. The molecule has 0 radical (unpaired) electrons. The van der Waals surface area contributed by atoms with Crippen LogP contribution in [0.25, 0.3) is 6.08 Å². The molecule has 3 rings (SSSR count). The number of fused-ring (bicyclic) bond motifs is 1. The van der Waals surface area contributed by atoms with Crippen LogP contribution in [0.4, 0.5) is 0 Å². The lowest BCUT2D eigenvalue weighted by Crippen LogP contribution is -2.25. The number of benzene rings is 1. The van der Waals surface area contributed by atoms with Crippen LogP contribution in [-0.2, 0) is 6.42 Å². The van der Waals surface area contributed by atoms with Crippen molar-refractivity contribution < 1.29 is 5.11 Å². The minimum Gasteiger partial charge on any atom is -0.493 e. The summed E-state index contributed by atoms with van der Waals surface area (Å²) >= 11 is 0. The highest BCUT2D eigenvalue weighted by Gasteiger charge is 2.06. The molecule has 86 valence electrons. The molecular formula is C12H11N3O2. The number of para-hydroxylation sites is 1. The topological polar surface area (TPSA) is 81.2 Å². The Morgan fingerprint density at radius 3 is 3.00 bits per heavy atom. The van der Waals surface area contributed by atoms with Crippen molar-refractivity contribution in [3.05, 3.63) is 50.5 Å². The number of nitrogens with one attached hydrogen (secondary N) is 2. The molecule has 1 aromatic carbocycles. The molecule has 0 saturated carbocycles. The number of nitrogens with zero attached hydrogens (tertiary/aromatic N) is 1. The highest BCUT2D eigenvalue weighted by Crippen LogP contribution is 2.07. The van der Waals surface area contributed by atoms with Crippen molar-refractivity contribution in [2.45, 2.75) is 6.42 Å². The molecule has 0 aliphatic carbocycles. The maximum Gasteiger partial charge on any atom is 0.326 e. The van der Waals surface area contributed by atoms with E-state index in [0.29, 0.717) is 5.69 Å². The highest BCUT2D eigenvalue weighted by molar-refractivity contribution is 5.50. The van der Waals surface area contributed by atoms with Crippen LogP contribution in [-0.4, -0.2) is 21.6 Å². The van der Waals surface area contributed by atoms with Gasteiger partial charge >= 0.3 is 5.69 Å². The lowest BCUT2D eigenvalue weighted by atomic mass is 10.1. The minimum atomic E-state index is -0.418. The SMILES string of the molecule is O=c1[nH]c(O)c(/C=c2/cccc3c2=NCC3)[nH]1. The van der Waals surface area contributed by atoms with Crippen LogP contribution in [0.15, 0.2) is 28.0 Å². The Morgan fingerprint density at radius 2 is 2.24 bits per heavy atom. The molecule has 2 heterocycles. The van der Waals surface area contributed by atoms with Gasteiger partial charge < -0.3 is 10.1 Å². The van der Waals surface area contributed by atoms with E-state index in [9.17, 15) is 9.90 Å². The fraction of sp³-hybridized carbons (Fsp3) is 0.167. The van der Waals surface area contributed by atoms with Gasteiger partial charge in [0.1, 0.15) is 5.69 Å². The van der Waals surface area contributed by atoms with E-state index in [-0.39, 0.29) is 5.88 Å². The number of rotatable bonds is 1. The van der Waals surface area contributed by atoms with E-state index in [1.165, 1.54) is 5.56 Å². The first-order valence-corrected chi connectivity index (χ1v) is 5.39. The van der Waals surface area contributed by atoms with Crippen molar-refractivity contribution in [3.8, 4) is 5.88 Å². The average molecular weight is 229 g/mol. The van der Waals surface area contributed by atoms with Crippen LogP contribution in [0, 0.1) is 0 Å². The summed E-state index contributed by atoms with van der Waals surface area (Å²) in [7, 11) is 0. The minimum absolute atomic E-state index is 0.148. The van der Waals surface area contributed by atoms with E-state index in [4.69, 9.17) is 0 Å². The molecule has 1 aromatic heterocycles. The van der Waals surface area contributed by atoms with Gasteiger partial charge in [-0.3, -0.25) is 9.98 Å². The first kappa shape index (κ1) is 9.89. The summed E-state index contributed by atoms with van der Waals surface area (Å²) in [5, 5.41) is 11.4. The second kappa shape index (κ2) is 3.62. The van der Waals surface area contributed by atoms with Gasteiger partial charge in [0.15, 0.2) is 0 Å². The van der Waals surface area contributed by atoms with Crippen molar-refractivity contribution in [2.24, 2.45) is 4.99 Å². The van der Waals surface area contributed by atoms with E-state index in [1.807, 2.05) is 18.2 Å². The van der Waals surface area contributed by atoms with Gasteiger partial charge in [0.2, 0.25) is 5.88 Å². The molecular weight excluding hydrogens is 218 g/mol. The molecule has 0 spiro atoms. The Morgan fingerprint density at radius 1 is 1.35 bits per heavy atom. The van der Waals surface area contributed by atoms with Gasteiger partial charge in [0.25, 0.3) is 0 Å². The monoisotopic (exact) mass is 229 g/mol. The summed E-state index contributed by atoms with van der Waals surface area (Å²) in [5.41, 5.74) is 1.17. The van der Waals surface area contributed by atoms with Crippen molar-refractivity contribution in [1.82, 2.24) is 9.97 Å². The number of aromatic hydroxyl groups is 1. The van der Waals surface area contributed by atoms with Gasteiger partial charge in [-0.2, -0.15) is 0 Å². The molecule has 1 aliphatic rings. The van der Waals surface area contributed by atoms with Crippen LogP contribution in [0.3, 0.4) is 0 Å². The number of hydrogen-bond acceptors (Lipinski definition) is 3. The summed E-state index contributed by atoms with van der Waals surface area (Å²) in [5.74, 6) is -0.148. The third kappa shape index (κ3) is 1.65. The molecule has 17 heavy (non-hydrogen) atoms. The normalized spacial score (nSPS) is 14.7. The fourth-order valence-electron chi connectivity index (χ4n) is 2.06. The van der Waals surface area contributed by atoms with Gasteiger partial charge in [-0.15, -0.1) is 0 Å². The van der Waals surface area contributed by atoms with Crippen LogP contribution < -0.4 is 16.3 Å². The maximum atomic E-state index is 11.0. The van der Waals surface area contributed by atoms with Crippen molar-refractivity contribution >= 4 is 6.08 Å². The molecule has 0 saturated heterocycles. The number of aromatic nitrogens is 2. The molecule has 0 bridgehead atoms. The zero-order valence-electron chi connectivity index (χ0n) is 9.03. The highest BCUT2D eigenvalue weighted by atomic mass is 16.3. The zero-order chi connectivity index (χ0) is 11.8. The van der Waals surface area contributed by atoms with Crippen molar-refractivity contribution in [2.75, 3.05) is 6.54 Å². The molecule has 0 atom stereocenters. The number of hydrogen-bond donors (Lipinski definition) is 3. The summed E-state index contributed by atoms with van der Waals surface area (Å²) in [4.78, 5) is 20.2. The maximum absolute atomic E-state index is 11.0. The Hall–Kier alpha value is -2.30. The number of H-pyrrole nitrogens is 2. The van der Waals surface area contributed by atoms with E-state index in [2.05, 4.69) is 15.0 Å². The molecule has 2 aromatic rings. The lowest BCUT2D eigenvalue weighted by molar-refractivity contribution is 0.454. The molecule has 0 amide bonds. The van der Waals surface area contributed by atoms with Crippen LogP contribution >= 0.6 is 0 Å². The molecule has 5 heteroatoms. The molecule has 0 fully saturated rings. The largest absolute Gasteiger partial charge is 0.493 e. The van der Waals surface area contributed by atoms with Gasteiger partial charge in [-0.1, -0.05) is 18.2 Å². The van der Waals surface area contributed by atoms with Gasteiger partial charge in [0, 0.05) is 11.8 Å². The smallest absolute Gasteiger partial charge is 0.326 e. The fourth-order valence-corrected chi connectivity index (χ4v) is 2.06. The Kier molecular flexibility index (Phi) is 2.11. The predicted octanol–water partition coefficient (Wildman–Crippen LogP) is -0.587. The molecule has 0 unspecified atom stereocenters. The first-order valence-electron chi connectivity index (χ1n) is 5.39. The quantitative estimate of drug-likeness (QED) is 0.611. The summed E-state index contributed by atoms with van der Waals surface area (Å²) in [6.45, 7) is 0.801. The molecule has 5 nitrogen and oxygen atoms in total. The summed E-state index contributed by atoms with van der Waals surface area (Å²) in [6.07, 6.45) is 2.67. The van der Waals surface area contributed by atoms with Crippen LogP contribution in [0.5, 0.6) is 5.88 Å². The Balaban J connectivity index is 2.27. The third-order valence-electron chi connectivity index (χ3n) is 2.84. The van der Waals surface area contributed by atoms with Crippen LogP contribution in [0.1, 0.15) is 11.3 Å². The first-order chi connectivity index (χ1) is 8.24. The average Bonchev–Trinajstić information content (AvgIpc) is 2.87. The Labute approximate surface area is 96.2 Å². The van der Waals surface area contributed by atoms with Gasteiger partial charge in [0.05, 0.1) is 5.36 Å². The second-order valence-electron chi connectivity index (χ2n) is 3.97. The van der Waals surface area contributed by atoms with E-state index < -0.39 is 5.69 Å². The van der Waals surface area contributed by atoms with Gasteiger partial charge in [-0.05, 0) is 18.1 Å². The van der Waals surface area contributed by atoms with E-state index in [1.54, 1.807) is 6.08 Å². The standard InChI is InChI=1S/C12H11N3O2/c16-11-9(14-12(17)15-11)6-8-3-1-2-7-4-5-13-10(7)8/h1-3,6,16H,4-5H2,(H2,14,15,17)/b8-6-. The van der Waals surface area contributed by atoms with Crippen molar-refractivity contribution in [1.29, 1.82) is 0 Å². The predicted molar refractivity (Wildman–Crippen MR) is 62.4 cm³/mol.